The predicted octanol–water partition coefficient (Wildman–Crippen LogP) is 1.49. The summed E-state index contributed by atoms with van der Waals surface area (Å²) in [6.45, 7) is 0.351. The van der Waals surface area contributed by atoms with Gasteiger partial charge in [0.2, 0.25) is 5.91 Å². The number of nitrogens with zero attached hydrogens (tertiary/aromatic N) is 2. The lowest BCUT2D eigenvalue weighted by Crippen LogP contribution is -2.19. The number of aliphatic carboxylic acids is 1. The summed E-state index contributed by atoms with van der Waals surface area (Å²) in [6, 6.07) is 4.18. The van der Waals surface area contributed by atoms with Crippen LogP contribution in [0, 0.1) is 5.82 Å². The van der Waals surface area contributed by atoms with Crippen molar-refractivity contribution in [3.63, 3.8) is 0 Å². The SMILES string of the molecule is CNC(=O)CCn1c(SCC(=O)O)nc2cc(F)ccc21. The minimum atomic E-state index is -0.962. The second-order valence-corrected chi connectivity index (χ2v) is 5.23. The molecule has 21 heavy (non-hydrogen) atoms. The molecule has 112 valence electrons. The van der Waals surface area contributed by atoms with E-state index >= 15 is 0 Å². The van der Waals surface area contributed by atoms with Crippen molar-refractivity contribution in [2.75, 3.05) is 12.8 Å². The normalized spacial score (nSPS) is 10.8. The number of carboxylic acids is 1. The Labute approximate surface area is 124 Å². The number of imidazole rings is 1. The Morgan fingerprint density at radius 1 is 1.48 bits per heavy atom. The van der Waals surface area contributed by atoms with Crippen LogP contribution in [0.15, 0.2) is 23.4 Å². The Bertz CT molecular complexity index is 687. The molecule has 0 spiro atoms. The molecule has 1 aromatic heterocycles. The Hall–Kier alpha value is -2.09. The average Bonchev–Trinajstić information content (AvgIpc) is 2.79. The zero-order chi connectivity index (χ0) is 15.4. The minimum Gasteiger partial charge on any atom is -0.481 e. The van der Waals surface area contributed by atoms with Gasteiger partial charge < -0.3 is 15.0 Å². The summed E-state index contributed by atoms with van der Waals surface area (Å²) >= 11 is 1.04. The first-order valence-electron chi connectivity index (χ1n) is 6.22. The fourth-order valence-electron chi connectivity index (χ4n) is 1.87. The fourth-order valence-corrected chi connectivity index (χ4v) is 2.63. The van der Waals surface area contributed by atoms with Crippen molar-refractivity contribution >= 4 is 34.7 Å². The van der Waals surface area contributed by atoms with Crippen LogP contribution >= 0.6 is 11.8 Å². The standard InChI is InChI=1S/C13H14FN3O3S/c1-15-11(18)4-5-17-10-3-2-8(14)6-9(10)16-13(17)21-7-12(19)20/h2-3,6H,4-5,7H2,1H3,(H,15,18)(H,19,20). The maximum atomic E-state index is 13.2. The van der Waals surface area contributed by atoms with E-state index in [9.17, 15) is 14.0 Å². The molecule has 0 fully saturated rings. The number of carbonyl (C=O) groups excluding carboxylic acids is 1. The van der Waals surface area contributed by atoms with Crippen LogP contribution in [-0.4, -0.2) is 39.3 Å². The van der Waals surface area contributed by atoms with Crippen LogP contribution < -0.4 is 5.32 Å². The van der Waals surface area contributed by atoms with Gasteiger partial charge in [0.25, 0.3) is 0 Å². The molecule has 2 aromatic rings. The second kappa shape index (κ2) is 6.57. The van der Waals surface area contributed by atoms with Crippen LogP contribution in [0.3, 0.4) is 0 Å². The molecule has 2 N–H and O–H groups in total. The third kappa shape index (κ3) is 3.72. The highest BCUT2D eigenvalue weighted by Gasteiger charge is 2.14. The Morgan fingerprint density at radius 3 is 2.90 bits per heavy atom. The van der Waals surface area contributed by atoms with Gasteiger partial charge in [0.05, 0.1) is 16.8 Å². The van der Waals surface area contributed by atoms with Crippen LogP contribution in [-0.2, 0) is 16.1 Å². The summed E-state index contributed by atoms with van der Waals surface area (Å²) in [5.41, 5.74) is 1.12. The number of rotatable bonds is 6. The van der Waals surface area contributed by atoms with Crippen LogP contribution in [0.4, 0.5) is 4.39 Å². The molecule has 0 aliphatic rings. The van der Waals surface area contributed by atoms with Crippen molar-refractivity contribution in [2.45, 2.75) is 18.1 Å². The molecule has 0 unspecified atom stereocenters. The number of thioether (sulfide) groups is 1. The van der Waals surface area contributed by atoms with Crippen LogP contribution in [0.25, 0.3) is 11.0 Å². The van der Waals surface area contributed by atoms with Gasteiger partial charge in [-0.3, -0.25) is 9.59 Å². The summed E-state index contributed by atoms with van der Waals surface area (Å²) in [6.07, 6.45) is 0.236. The Kier molecular flexibility index (Phi) is 4.79. The van der Waals surface area contributed by atoms with E-state index in [0.717, 1.165) is 11.8 Å². The number of halogens is 1. The number of amides is 1. The number of hydrogen-bond acceptors (Lipinski definition) is 4. The molecule has 0 bridgehead atoms. The maximum absolute atomic E-state index is 13.2. The predicted molar refractivity (Wildman–Crippen MR) is 76.7 cm³/mol. The van der Waals surface area contributed by atoms with Gasteiger partial charge in [-0.05, 0) is 12.1 Å². The smallest absolute Gasteiger partial charge is 0.313 e. The number of carboxylic acid groups (broad SMARTS) is 1. The lowest BCUT2D eigenvalue weighted by atomic mass is 10.3. The van der Waals surface area contributed by atoms with Crippen molar-refractivity contribution in [1.29, 1.82) is 0 Å². The van der Waals surface area contributed by atoms with Gasteiger partial charge in [0.15, 0.2) is 5.16 Å². The van der Waals surface area contributed by atoms with Crippen LogP contribution in [0.1, 0.15) is 6.42 Å². The number of fused-ring (bicyclic) bond motifs is 1. The monoisotopic (exact) mass is 311 g/mol. The van der Waals surface area contributed by atoms with Gasteiger partial charge in [0, 0.05) is 26.1 Å². The van der Waals surface area contributed by atoms with Crippen molar-refractivity contribution in [3.8, 4) is 0 Å². The van der Waals surface area contributed by atoms with Gasteiger partial charge in [-0.1, -0.05) is 11.8 Å². The Morgan fingerprint density at radius 2 is 2.24 bits per heavy atom. The topological polar surface area (TPSA) is 84.2 Å². The zero-order valence-electron chi connectivity index (χ0n) is 11.3. The van der Waals surface area contributed by atoms with E-state index in [-0.39, 0.29) is 18.1 Å². The van der Waals surface area contributed by atoms with E-state index in [0.29, 0.717) is 22.7 Å². The number of benzene rings is 1. The van der Waals surface area contributed by atoms with Crippen molar-refractivity contribution < 1.29 is 19.1 Å². The van der Waals surface area contributed by atoms with E-state index < -0.39 is 11.8 Å². The molecule has 8 heteroatoms. The first-order chi connectivity index (χ1) is 10.0. The summed E-state index contributed by atoms with van der Waals surface area (Å²) in [5.74, 6) is -1.65. The van der Waals surface area contributed by atoms with Crippen LogP contribution in [0.2, 0.25) is 0 Å². The molecule has 1 amide bonds. The molecule has 0 aliphatic carbocycles. The maximum Gasteiger partial charge on any atom is 0.313 e. The largest absolute Gasteiger partial charge is 0.481 e. The quantitative estimate of drug-likeness (QED) is 0.790. The van der Waals surface area contributed by atoms with Crippen molar-refractivity contribution in [1.82, 2.24) is 14.9 Å². The highest BCUT2D eigenvalue weighted by atomic mass is 32.2. The molecule has 0 saturated heterocycles. The molecule has 6 nitrogen and oxygen atoms in total. The molecule has 0 aliphatic heterocycles. The number of nitrogens with one attached hydrogen (secondary N) is 1. The lowest BCUT2D eigenvalue weighted by molar-refractivity contribution is -0.134. The van der Waals surface area contributed by atoms with E-state index in [1.807, 2.05) is 0 Å². The number of carbonyl (C=O) groups is 2. The lowest BCUT2D eigenvalue weighted by Gasteiger charge is -2.07. The summed E-state index contributed by atoms with van der Waals surface area (Å²) in [5, 5.41) is 11.7. The van der Waals surface area contributed by atoms with Gasteiger partial charge in [-0.15, -0.1) is 0 Å². The zero-order valence-corrected chi connectivity index (χ0v) is 12.1. The highest BCUT2D eigenvalue weighted by Crippen LogP contribution is 2.25. The molecular weight excluding hydrogens is 297 g/mol. The van der Waals surface area contributed by atoms with E-state index in [1.54, 1.807) is 17.7 Å². The molecular formula is C13H14FN3O3S. The summed E-state index contributed by atoms with van der Waals surface area (Å²) in [4.78, 5) is 26.3. The highest BCUT2D eigenvalue weighted by molar-refractivity contribution is 7.99. The number of aryl methyl sites for hydroxylation is 1. The molecule has 2 rings (SSSR count). The molecule has 0 saturated carbocycles. The van der Waals surface area contributed by atoms with E-state index in [2.05, 4.69) is 10.3 Å². The van der Waals surface area contributed by atoms with Crippen LogP contribution in [0.5, 0.6) is 0 Å². The van der Waals surface area contributed by atoms with Gasteiger partial charge in [-0.2, -0.15) is 0 Å². The summed E-state index contributed by atoms with van der Waals surface area (Å²) in [7, 11) is 1.55. The molecule has 0 atom stereocenters. The number of hydrogen-bond donors (Lipinski definition) is 2. The van der Waals surface area contributed by atoms with Crippen molar-refractivity contribution in [2.24, 2.45) is 0 Å². The molecule has 1 heterocycles. The number of aromatic nitrogens is 2. The van der Waals surface area contributed by atoms with E-state index in [1.165, 1.54) is 12.1 Å². The molecule has 1 aromatic carbocycles. The third-order valence-electron chi connectivity index (χ3n) is 2.84. The molecule has 0 radical (unpaired) electrons. The fraction of sp³-hybridized carbons (Fsp3) is 0.308. The third-order valence-corrected chi connectivity index (χ3v) is 3.80. The van der Waals surface area contributed by atoms with Gasteiger partial charge >= 0.3 is 5.97 Å². The second-order valence-electron chi connectivity index (χ2n) is 4.28. The van der Waals surface area contributed by atoms with Gasteiger partial charge in [0.1, 0.15) is 5.82 Å². The minimum absolute atomic E-state index is 0.131. The summed E-state index contributed by atoms with van der Waals surface area (Å²) < 4.78 is 15.0. The Balaban J connectivity index is 2.34. The van der Waals surface area contributed by atoms with Gasteiger partial charge in [-0.25, -0.2) is 9.37 Å². The average molecular weight is 311 g/mol. The van der Waals surface area contributed by atoms with Crippen molar-refractivity contribution in [3.05, 3.63) is 24.0 Å². The van der Waals surface area contributed by atoms with E-state index in [4.69, 9.17) is 5.11 Å². The first-order valence-corrected chi connectivity index (χ1v) is 7.21. The first kappa shape index (κ1) is 15.3.